The van der Waals surface area contributed by atoms with E-state index in [2.05, 4.69) is 0 Å². The van der Waals surface area contributed by atoms with Gasteiger partial charge >= 0.3 is 5.97 Å². The SMILES string of the molecule is COc1ccc([C@@H]2C=CC=C3C(=O)CO[C@@H](OC(C)=O)[C@@H]32)cc1. The van der Waals surface area contributed by atoms with Gasteiger partial charge < -0.3 is 14.2 Å². The van der Waals surface area contributed by atoms with Crippen LogP contribution in [-0.2, 0) is 19.1 Å². The molecule has 1 fully saturated rings. The minimum absolute atomic E-state index is 0.0660. The number of Topliss-reactive ketones (excluding diaryl/α,β-unsaturated/α-hetero) is 1. The first-order valence-corrected chi connectivity index (χ1v) is 7.44. The second-order valence-corrected chi connectivity index (χ2v) is 5.54. The first kappa shape index (κ1) is 15.5. The Morgan fingerprint density at radius 3 is 2.65 bits per heavy atom. The molecule has 0 aromatic heterocycles. The highest BCUT2D eigenvalue weighted by Gasteiger charge is 2.42. The van der Waals surface area contributed by atoms with E-state index in [4.69, 9.17) is 14.2 Å². The molecule has 5 heteroatoms. The van der Waals surface area contributed by atoms with Crippen LogP contribution in [-0.4, -0.2) is 31.8 Å². The zero-order valence-electron chi connectivity index (χ0n) is 13.0. The Bertz CT molecular complexity index is 671. The van der Waals surface area contributed by atoms with Gasteiger partial charge in [-0.25, -0.2) is 0 Å². The minimum atomic E-state index is -0.756. The molecule has 0 saturated carbocycles. The van der Waals surface area contributed by atoms with Crippen molar-refractivity contribution in [2.24, 2.45) is 5.92 Å². The van der Waals surface area contributed by atoms with Crippen molar-refractivity contribution in [1.29, 1.82) is 0 Å². The van der Waals surface area contributed by atoms with E-state index in [1.165, 1.54) is 6.92 Å². The summed E-state index contributed by atoms with van der Waals surface area (Å²) in [5.74, 6) is -0.169. The predicted molar refractivity (Wildman–Crippen MR) is 83.0 cm³/mol. The van der Waals surface area contributed by atoms with Crippen molar-refractivity contribution in [1.82, 2.24) is 0 Å². The molecular weight excluding hydrogens is 296 g/mol. The summed E-state index contributed by atoms with van der Waals surface area (Å²) >= 11 is 0. The maximum absolute atomic E-state index is 12.1. The smallest absolute Gasteiger partial charge is 0.304 e. The molecule has 0 bridgehead atoms. The molecule has 0 amide bonds. The summed E-state index contributed by atoms with van der Waals surface area (Å²) in [5, 5.41) is 0. The molecule has 0 radical (unpaired) electrons. The lowest BCUT2D eigenvalue weighted by Gasteiger charge is -2.37. The van der Waals surface area contributed by atoms with E-state index in [0.717, 1.165) is 11.3 Å². The highest BCUT2D eigenvalue weighted by Crippen LogP contribution is 2.41. The number of carbonyl (C=O) groups excluding carboxylic acids is 2. The number of methoxy groups -OCH3 is 1. The zero-order valence-corrected chi connectivity index (χ0v) is 13.0. The molecule has 1 aliphatic carbocycles. The lowest BCUT2D eigenvalue weighted by atomic mass is 9.75. The molecule has 0 spiro atoms. The Morgan fingerprint density at radius 2 is 2.00 bits per heavy atom. The van der Waals surface area contributed by atoms with Gasteiger partial charge in [-0.2, -0.15) is 0 Å². The van der Waals surface area contributed by atoms with Gasteiger partial charge in [-0.05, 0) is 17.7 Å². The molecule has 1 saturated heterocycles. The average Bonchev–Trinajstić information content (AvgIpc) is 2.57. The van der Waals surface area contributed by atoms with Crippen LogP contribution in [0.2, 0.25) is 0 Å². The van der Waals surface area contributed by atoms with Gasteiger partial charge in [-0.15, -0.1) is 0 Å². The first-order valence-electron chi connectivity index (χ1n) is 7.44. The molecule has 0 unspecified atom stereocenters. The molecule has 1 aromatic rings. The van der Waals surface area contributed by atoms with Crippen molar-refractivity contribution in [3.05, 3.63) is 53.6 Å². The van der Waals surface area contributed by atoms with E-state index in [-0.39, 0.29) is 24.2 Å². The second-order valence-electron chi connectivity index (χ2n) is 5.54. The van der Waals surface area contributed by atoms with Crippen molar-refractivity contribution >= 4 is 11.8 Å². The van der Waals surface area contributed by atoms with Crippen LogP contribution in [0.25, 0.3) is 0 Å². The number of rotatable bonds is 3. The standard InChI is InChI=1S/C18H18O5/c1-11(19)23-18-17-14(12-6-8-13(21-2)9-7-12)4-3-5-15(17)16(20)10-22-18/h3-9,14,17-18H,10H2,1-2H3/t14-,17+,18-/m0/s1. The van der Waals surface area contributed by atoms with Crippen LogP contribution in [0, 0.1) is 5.92 Å². The summed E-state index contributed by atoms with van der Waals surface area (Å²) in [6.07, 6.45) is 4.89. The summed E-state index contributed by atoms with van der Waals surface area (Å²) < 4.78 is 15.9. The summed E-state index contributed by atoms with van der Waals surface area (Å²) in [4.78, 5) is 23.5. The third kappa shape index (κ3) is 3.05. The van der Waals surface area contributed by atoms with Crippen LogP contribution in [0.5, 0.6) is 5.75 Å². The zero-order chi connectivity index (χ0) is 16.4. The normalized spacial score (nSPS) is 26.3. The van der Waals surface area contributed by atoms with E-state index in [1.54, 1.807) is 13.2 Å². The molecule has 5 nitrogen and oxygen atoms in total. The van der Waals surface area contributed by atoms with Gasteiger partial charge in [0.1, 0.15) is 12.4 Å². The molecule has 1 heterocycles. The quantitative estimate of drug-likeness (QED) is 0.802. The van der Waals surface area contributed by atoms with Crippen molar-refractivity contribution < 1.29 is 23.8 Å². The number of ketones is 1. The summed E-state index contributed by atoms with van der Waals surface area (Å²) in [6.45, 7) is 1.27. The second kappa shape index (κ2) is 6.38. The summed E-state index contributed by atoms with van der Waals surface area (Å²) in [6, 6.07) is 7.63. The van der Waals surface area contributed by atoms with E-state index in [9.17, 15) is 9.59 Å². The third-order valence-electron chi connectivity index (χ3n) is 4.12. The van der Waals surface area contributed by atoms with Gasteiger partial charge in [0.2, 0.25) is 6.29 Å². The molecule has 3 rings (SSSR count). The largest absolute Gasteiger partial charge is 0.497 e. The van der Waals surface area contributed by atoms with Crippen molar-refractivity contribution in [3.8, 4) is 5.75 Å². The molecule has 1 aliphatic heterocycles. The van der Waals surface area contributed by atoms with Crippen LogP contribution in [0.3, 0.4) is 0 Å². The van der Waals surface area contributed by atoms with E-state index in [0.29, 0.717) is 5.57 Å². The lowest BCUT2D eigenvalue weighted by Crippen LogP contribution is -2.43. The van der Waals surface area contributed by atoms with Crippen molar-refractivity contribution in [2.75, 3.05) is 13.7 Å². The van der Waals surface area contributed by atoms with E-state index >= 15 is 0 Å². The Morgan fingerprint density at radius 1 is 1.26 bits per heavy atom. The number of hydrogen-bond donors (Lipinski definition) is 0. The van der Waals surface area contributed by atoms with Crippen molar-refractivity contribution in [2.45, 2.75) is 19.1 Å². The molecule has 0 N–H and O–H groups in total. The topological polar surface area (TPSA) is 61.8 Å². The van der Waals surface area contributed by atoms with E-state index in [1.807, 2.05) is 36.4 Å². The average molecular weight is 314 g/mol. The molecule has 23 heavy (non-hydrogen) atoms. The van der Waals surface area contributed by atoms with Crippen LogP contribution in [0.4, 0.5) is 0 Å². The summed E-state index contributed by atoms with van der Waals surface area (Å²) in [7, 11) is 1.61. The molecule has 120 valence electrons. The maximum Gasteiger partial charge on any atom is 0.304 e. The molecule has 3 atom stereocenters. The Balaban J connectivity index is 1.95. The maximum atomic E-state index is 12.1. The Kier molecular flexibility index (Phi) is 4.30. The van der Waals surface area contributed by atoms with Gasteiger partial charge in [0.25, 0.3) is 0 Å². The fraction of sp³-hybridized carbons (Fsp3) is 0.333. The van der Waals surface area contributed by atoms with Gasteiger partial charge in [0, 0.05) is 18.4 Å². The number of ether oxygens (including phenoxy) is 3. The fourth-order valence-corrected chi connectivity index (χ4v) is 3.06. The van der Waals surface area contributed by atoms with Crippen molar-refractivity contribution in [3.63, 3.8) is 0 Å². The minimum Gasteiger partial charge on any atom is -0.497 e. The number of hydrogen-bond acceptors (Lipinski definition) is 5. The number of esters is 1. The van der Waals surface area contributed by atoms with Gasteiger partial charge in [0.05, 0.1) is 13.0 Å². The Labute approximate surface area is 134 Å². The van der Waals surface area contributed by atoms with E-state index < -0.39 is 12.3 Å². The highest BCUT2D eigenvalue weighted by molar-refractivity contribution is 5.98. The predicted octanol–water partition coefficient (Wildman–Crippen LogP) is 2.38. The monoisotopic (exact) mass is 314 g/mol. The number of fused-ring (bicyclic) bond motifs is 1. The highest BCUT2D eigenvalue weighted by atomic mass is 16.7. The molecule has 2 aliphatic rings. The molecule has 1 aromatic carbocycles. The summed E-state index contributed by atoms with van der Waals surface area (Å²) in [5.41, 5.74) is 1.65. The molecular formula is C18H18O5. The number of carbonyl (C=O) groups is 2. The van der Waals surface area contributed by atoms with Crippen LogP contribution >= 0.6 is 0 Å². The van der Waals surface area contributed by atoms with Gasteiger partial charge in [-0.3, -0.25) is 9.59 Å². The number of allylic oxidation sites excluding steroid dienone is 3. The first-order chi connectivity index (χ1) is 11.1. The Hall–Kier alpha value is -2.40. The van der Waals surface area contributed by atoms with Gasteiger partial charge in [-0.1, -0.05) is 30.4 Å². The fourth-order valence-electron chi connectivity index (χ4n) is 3.06. The van der Waals surface area contributed by atoms with Gasteiger partial charge in [0.15, 0.2) is 5.78 Å². The van der Waals surface area contributed by atoms with Crippen LogP contribution < -0.4 is 4.74 Å². The lowest BCUT2D eigenvalue weighted by molar-refractivity contribution is -0.194. The van der Waals surface area contributed by atoms with Crippen LogP contribution in [0.15, 0.2) is 48.1 Å². The van der Waals surface area contributed by atoms with Crippen LogP contribution in [0.1, 0.15) is 18.4 Å². The third-order valence-corrected chi connectivity index (χ3v) is 4.12. The number of benzene rings is 1.